The van der Waals surface area contributed by atoms with E-state index in [4.69, 9.17) is 14.0 Å². The van der Waals surface area contributed by atoms with Crippen LogP contribution in [-0.4, -0.2) is 41.9 Å². The lowest BCUT2D eigenvalue weighted by Gasteiger charge is -2.25. The van der Waals surface area contributed by atoms with E-state index < -0.39 is 55.5 Å². The Hall–Kier alpha value is -3.70. The van der Waals surface area contributed by atoms with Gasteiger partial charge in [0.2, 0.25) is 0 Å². The molecule has 3 aromatic rings. The van der Waals surface area contributed by atoms with Crippen LogP contribution in [0.1, 0.15) is 67.3 Å². The quantitative estimate of drug-likeness (QED) is 0.0991. The Balaban J connectivity index is 1.84. The van der Waals surface area contributed by atoms with Gasteiger partial charge in [0.05, 0.1) is 0 Å². The molecular formula is C33H38F6NO6P. The van der Waals surface area contributed by atoms with E-state index in [-0.39, 0.29) is 29.6 Å². The average Bonchev–Trinajstić information content (AvgIpc) is 2.97. The fraction of sp³-hybridized carbons (Fsp3) is 0.424. The van der Waals surface area contributed by atoms with Crippen LogP contribution in [0, 0.1) is 13.8 Å². The van der Waals surface area contributed by atoms with Crippen LogP contribution in [0.25, 0.3) is 0 Å². The van der Waals surface area contributed by atoms with Gasteiger partial charge >= 0.3 is 25.8 Å². The summed E-state index contributed by atoms with van der Waals surface area (Å²) in [5.41, 5.74) is 0.621. The van der Waals surface area contributed by atoms with Gasteiger partial charge in [0.1, 0.15) is 29.4 Å². The minimum Gasteiger partial charge on any atom is -0.508 e. The Morgan fingerprint density at radius 2 is 1.47 bits per heavy atom. The van der Waals surface area contributed by atoms with Gasteiger partial charge in [-0.3, -0.25) is 9.36 Å². The van der Waals surface area contributed by atoms with Crippen LogP contribution in [0.3, 0.4) is 0 Å². The maximum absolute atomic E-state index is 14.0. The molecule has 1 unspecified atom stereocenters. The standard InChI is InChI=1S/C33H38F6NO6P/c1-6-24(7-2)45-31(42)22(5)40-47(43,46-25-11-9-8-10-12-25)19-44-26-15-20(3)27(21(4)16-26)17-23-13-14-29(41)28(18-23)30(32(34,35)36)33(37,38)39/h8-16,18,22,24,30,41H,6-7,17,19H2,1-5H3,(H,40,43)/t22-,47?/m0/s1. The van der Waals surface area contributed by atoms with Gasteiger partial charge in [-0.2, -0.15) is 26.3 Å². The zero-order valence-electron chi connectivity index (χ0n) is 26.5. The van der Waals surface area contributed by atoms with Crippen LogP contribution in [0.5, 0.6) is 17.2 Å². The van der Waals surface area contributed by atoms with Crippen LogP contribution < -0.4 is 14.3 Å². The Morgan fingerprint density at radius 3 is 2.00 bits per heavy atom. The molecule has 3 aromatic carbocycles. The maximum Gasteiger partial charge on any atom is 0.404 e. The first-order chi connectivity index (χ1) is 21.9. The fourth-order valence-corrected chi connectivity index (χ4v) is 6.63. The normalized spacial score (nSPS) is 14.1. The summed E-state index contributed by atoms with van der Waals surface area (Å²) in [6, 6.07) is 13.2. The third-order valence-electron chi connectivity index (χ3n) is 7.44. The fourth-order valence-electron chi connectivity index (χ4n) is 4.97. The van der Waals surface area contributed by atoms with Gasteiger partial charge in [0.25, 0.3) is 0 Å². The van der Waals surface area contributed by atoms with E-state index >= 15 is 0 Å². The number of aromatic hydroxyl groups is 1. The molecule has 0 spiro atoms. The van der Waals surface area contributed by atoms with Crippen molar-refractivity contribution in [3.63, 3.8) is 0 Å². The van der Waals surface area contributed by atoms with E-state index in [0.29, 0.717) is 35.6 Å². The zero-order chi connectivity index (χ0) is 35.2. The number of alkyl halides is 6. The number of ether oxygens (including phenoxy) is 2. The highest BCUT2D eigenvalue weighted by Crippen LogP contribution is 2.49. The summed E-state index contributed by atoms with van der Waals surface area (Å²) in [4.78, 5) is 12.7. The highest BCUT2D eigenvalue weighted by molar-refractivity contribution is 7.57. The topological polar surface area (TPSA) is 94.1 Å². The first kappa shape index (κ1) is 37.8. The Bertz CT molecular complexity index is 1520. The van der Waals surface area contributed by atoms with Gasteiger partial charge < -0.3 is 19.1 Å². The average molecular weight is 690 g/mol. The number of halogens is 6. The number of benzene rings is 3. The van der Waals surface area contributed by atoms with Gasteiger partial charge in [-0.05, 0) is 92.6 Å². The number of hydrogen-bond donors (Lipinski definition) is 2. The molecule has 7 nitrogen and oxygen atoms in total. The molecule has 0 saturated carbocycles. The van der Waals surface area contributed by atoms with Gasteiger partial charge in [-0.25, -0.2) is 5.09 Å². The number of phenolic OH excluding ortho intramolecular Hbond substituents is 1. The number of phenols is 1. The monoisotopic (exact) mass is 689 g/mol. The summed E-state index contributed by atoms with van der Waals surface area (Å²) >= 11 is 0. The number of aryl methyl sites for hydroxylation is 2. The molecule has 3 rings (SSSR count). The summed E-state index contributed by atoms with van der Waals surface area (Å²) in [5, 5.41) is 12.7. The molecule has 0 aliphatic rings. The molecule has 258 valence electrons. The number of hydrogen-bond acceptors (Lipinski definition) is 6. The number of carbonyl (C=O) groups excluding carboxylic acids is 1. The summed E-state index contributed by atoms with van der Waals surface area (Å²) in [6.07, 6.45) is -10.9. The molecule has 0 heterocycles. The van der Waals surface area contributed by atoms with Crippen molar-refractivity contribution in [1.29, 1.82) is 0 Å². The minimum absolute atomic E-state index is 0.0407. The van der Waals surface area contributed by atoms with E-state index in [9.17, 15) is 40.8 Å². The lowest BCUT2D eigenvalue weighted by molar-refractivity contribution is -0.253. The van der Waals surface area contributed by atoms with Crippen LogP contribution >= 0.6 is 7.52 Å². The Morgan fingerprint density at radius 1 is 0.894 bits per heavy atom. The van der Waals surface area contributed by atoms with E-state index in [1.807, 2.05) is 13.8 Å². The first-order valence-corrected chi connectivity index (χ1v) is 16.7. The lowest BCUT2D eigenvalue weighted by atomic mass is 9.91. The number of nitrogens with one attached hydrogen (secondary N) is 1. The van der Waals surface area contributed by atoms with Crippen LogP contribution in [0.4, 0.5) is 26.3 Å². The second-order valence-electron chi connectivity index (χ2n) is 11.2. The van der Waals surface area contributed by atoms with Crippen molar-refractivity contribution < 1.29 is 54.8 Å². The molecule has 0 saturated heterocycles. The molecule has 14 heteroatoms. The maximum atomic E-state index is 14.0. The third kappa shape index (κ3) is 10.4. The van der Waals surface area contributed by atoms with E-state index in [0.717, 1.165) is 6.07 Å². The van der Waals surface area contributed by atoms with Crippen molar-refractivity contribution in [1.82, 2.24) is 5.09 Å². The number of para-hydroxylation sites is 1. The van der Waals surface area contributed by atoms with Crippen molar-refractivity contribution in [2.75, 3.05) is 6.35 Å². The summed E-state index contributed by atoms with van der Waals surface area (Å²) in [5.74, 6) is -5.04. The molecule has 0 fully saturated rings. The predicted octanol–water partition coefficient (Wildman–Crippen LogP) is 9.13. The smallest absolute Gasteiger partial charge is 0.404 e. The molecule has 0 bridgehead atoms. The van der Waals surface area contributed by atoms with E-state index in [1.165, 1.54) is 13.0 Å². The molecule has 2 N–H and O–H groups in total. The van der Waals surface area contributed by atoms with Crippen molar-refractivity contribution in [3.8, 4) is 17.2 Å². The molecule has 2 atom stereocenters. The molecule has 0 aromatic heterocycles. The number of esters is 1. The Labute approximate surface area is 269 Å². The SMILES string of the molecule is CCC(CC)OC(=O)[C@H](C)NP(=O)(COc1cc(C)c(Cc2ccc(O)c(C(C(F)(F)F)C(F)(F)F)c2)c(C)c1)Oc1ccccc1. The molecule has 0 aliphatic carbocycles. The molecule has 0 aliphatic heterocycles. The predicted molar refractivity (Wildman–Crippen MR) is 165 cm³/mol. The third-order valence-corrected chi connectivity index (χ3v) is 9.20. The highest BCUT2D eigenvalue weighted by atomic mass is 31.2. The molecule has 0 amide bonds. The van der Waals surface area contributed by atoms with E-state index in [2.05, 4.69) is 5.09 Å². The number of rotatable bonds is 14. The second kappa shape index (κ2) is 15.5. The Kier molecular flexibility index (Phi) is 12.4. The molecule has 47 heavy (non-hydrogen) atoms. The minimum atomic E-state index is -5.66. The lowest BCUT2D eigenvalue weighted by Crippen LogP contribution is -2.37. The molecular weight excluding hydrogens is 651 g/mol. The van der Waals surface area contributed by atoms with Crippen molar-refractivity contribution in [2.24, 2.45) is 0 Å². The van der Waals surface area contributed by atoms with Gasteiger partial charge in [-0.15, -0.1) is 0 Å². The van der Waals surface area contributed by atoms with Gasteiger partial charge in [0, 0.05) is 5.56 Å². The summed E-state index contributed by atoms with van der Waals surface area (Å²) < 4.78 is 111. The molecule has 0 radical (unpaired) electrons. The van der Waals surface area contributed by atoms with Gasteiger partial charge in [0.15, 0.2) is 12.3 Å². The summed E-state index contributed by atoms with van der Waals surface area (Å²) in [7, 11) is -3.90. The first-order valence-electron chi connectivity index (χ1n) is 14.9. The summed E-state index contributed by atoms with van der Waals surface area (Å²) in [6.45, 7) is 8.61. The van der Waals surface area contributed by atoms with Crippen LogP contribution in [0.2, 0.25) is 0 Å². The van der Waals surface area contributed by atoms with Crippen molar-refractivity contribution in [3.05, 3.63) is 88.5 Å². The van der Waals surface area contributed by atoms with Crippen molar-refractivity contribution >= 4 is 13.5 Å². The zero-order valence-corrected chi connectivity index (χ0v) is 27.4. The largest absolute Gasteiger partial charge is 0.508 e. The van der Waals surface area contributed by atoms with Gasteiger partial charge in [-0.1, -0.05) is 44.2 Å². The highest BCUT2D eigenvalue weighted by Gasteiger charge is 2.58. The van der Waals surface area contributed by atoms with Crippen molar-refractivity contribution in [2.45, 2.75) is 84.3 Å². The van der Waals surface area contributed by atoms with Crippen LogP contribution in [-0.2, 0) is 20.5 Å². The second-order valence-corrected chi connectivity index (χ2v) is 13.2. The number of carbonyl (C=O) groups is 1. The van der Waals surface area contributed by atoms with E-state index in [1.54, 1.807) is 56.3 Å². The van der Waals surface area contributed by atoms with Crippen LogP contribution in [0.15, 0.2) is 60.7 Å².